The Hall–Kier alpha value is -1.17. The summed E-state index contributed by atoms with van der Waals surface area (Å²) in [5, 5.41) is 2.76. The van der Waals surface area contributed by atoms with E-state index in [2.05, 4.69) is 28.8 Å². The molecule has 21 heavy (non-hydrogen) atoms. The minimum absolute atomic E-state index is 0.522. The summed E-state index contributed by atoms with van der Waals surface area (Å²) in [6.07, 6.45) is 1.81. The van der Waals surface area contributed by atoms with Crippen molar-refractivity contribution in [1.82, 2.24) is 15.0 Å². The molecule has 0 atom stereocenters. The number of aromatic nitrogens is 3. The minimum atomic E-state index is 0.522. The Bertz CT molecular complexity index is 797. The molecule has 3 heterocycles. The Balaban J connectivity index is 1.94. The van der Waals surface area contributed by atoms with Gasteiger partial charge in [-0.2, -0.15) is 0 Å². The van der Waals surface area contributed by atoms with Gasteiger partial charge in [0.25, 0.3) is 0 Å². The van der Waals surface area contributed by atoms with Crippen LogP contribution in [0.15, 0.2) is 23.4 Å². The van der Waals surface area contributed by atoms with Gasteiger partial charge in [-0.1, -0.05) is 17.7 Å². The Morgan fingerprint density at radius 2 is 2.00 bits per heavy atom. The fourth-order valence-corrected chi connectivity index (χ4v) is 4.38. The zero-order chi connectivity index (χ0) is 15.0. The van der Waals surface area contributed by atoms with E-state index < -0.39 is 0 Å². The SMILES string of the molecule is Cc1nc(SCc2ccc(Cl)nc2)c2c(C)c(C)sc2n1. The molecule has 0 saturated carbocycles. The van der Waals surface area contributed by atoms with Gasteiger partial charge in [-0.15, -0.1) is 23.1 Å². The maximum absolute atomic E-state index is 5.81. The molecule has 0 radical (unpaired) electrons. The molecular formula is C15H14ClN3S2. The van der Waals surface area contributed by atoms with Crippen LogP contribution in [-0.4, -0.2) is 15.0 Å². The van der Waals surface area contributed by atoms with Crippen LogP contribution in [0.2, 0.25) is 5.15 Å². The van der Waals surface area contributed by atoms with Crippen LogP contribution < -0.4 is 0 Å². The van der Waals surface area contributed by atoms with Crippen molar-refractivity contribution < 1.29 is 0 Å². The molecule has 3 nitrogen and oxygen atoms in total. The smallest absolute Gasteiger partial charge is 0.129 e. The number of hydrogen-bond donors (Lipinski definition) is 0. The molecule has 0 aliphatic carbocycles. The van der Waals surface area contributed by atoms with Gasteiger partial charge >= 0.3 is 0 Å². The van der Waals surface area contributed by atoms with Crippen LogP contribution in [0.5, 0.6) is 0 Å². The van der Waals surface area contributed by atoms with Gasteiger partial charge in [-0.3, -0.25) is 0 Å². The first-order chi connectivity index (χ1) is 10.0. The first kappa shape index (κ1) is 14.8. The van der Waals surface area contributed by atoms with Gasteiger partial charge in [-0.05, 0) is 38.0 Å². The third-order valence-electron chi connectivity index (χ3n) is 3.27. The lowest BCUT2D eigenvalue weighted by Gasteiger charge is -2.05. The normalized spacial score (nSPS) is 11.2. The highest BCUT2D eigenvalue weighted by Crippen LogP contribution is 2.36. The van der Waals surface area contributed by atoms with E-state index in [1.165, 1.54) is 15.8 Å². The van der Waals surface area contributed by atoms with Crippen molar-refractivity contribution in [1.29, 1.82) is 0 Å². The van der Waals surface area contributed by atoms with Gasteiger partial charge in [0.1, 0.15) is 20.8 Å². The summed E-state index contributed by atoms with van der Waals surface area (Å²) in [7, 11) is 0. The highest BCUT2D eigenvalue weighted by Gasteiger charge is 2.13. The van der Waals surface area contributed by atoms with E-state index in [0.717, 1.165) is 27.0 Å². The quantitative estimate of drug-likeness (QED) is 0.385. The van der Waals surface area contributed by atoms with E-state index in [4.69, 9.17) is 11.6 Å². The average Bonchev–Trinajstić information content (AvgIpc) is 2.73. The van der Waals surface area contributed by atoms with E-state index in [1.54, 1.807) is 23.1 Å². The van der Waals surface area contributed by atoms with Crippen LogP contribution >= 0.6 is 34.7 Å². The van der Waals surface area contributed by atoms with Crippen molar-refractivity contribution >= 4 is 44.9 Å². The topological polar surface area (TPSA) is 38.7 Å². The summed E-state index contributed by atoms with van der Waals surface area (Å²) in [5.74, 6) is 1.64. The minimum Gasteiger partial charge on any atom is -0.244 e. The average molecular weight is 336 g/mol. The number of thiophene rings is 1. The fourth-order valence-electron chi connectivity index (χ4n) is 2.06. The lowest BCUT2D eigenvalue weighted by molar-refractivity contribution is 1.01. The number of pyridine rings is 1. The molecule has 3 aromatic rings. The van der Waals surface area contributed by atoms with Crippen molar-refractivity contribution in [2.75, 3.05) is 0 Å². The first-order valence-corrected chi connectivity index (χ1v) is 8.70. The first-order valence-electron chi connectivity index (χ1n) is 6.52. The van der Waals surface area contributed by atoms with Crippen LogP contribution in [0.1, 0.15) is 21.8 Å². The largest absolute Gasteiger partial charge is 0.244 e. The third kappa shape index (κ3) is 3.05. The molecule has 0 aliphatic heterocycles. The summed E-state index contributed by atoms with van der Waals surface area (Å²) >= 11 is 9.27. The molecule has 0 amide bonds. The molecule has 6 heteroatoms. The Kier molecular flexibility index (Phi) is 4.15. The highest BCUT2D eigenvalue weighted by atomic mass is 35.5. The zero-order valence-electron chi connectivity index (χ0n) is 12.0. The predicted molar refractivity (Wildman–Crippen MR) is 90.4 cm³/mol. The van der Waals surface area contributed by atoms with Crippen molar-refractivity contribution in [3.05, 3.63) is 45.3 Å². The Morgan fingerprint density at radius 1 is 1.19 bits per heavy atom. The Morgan fingerprint density at radius 3 is 2.71 bits per heavy atom. The second kappa shape index (κ2) is 5.91. The van der Waals surface area contributed by atoms with Crippen molar-refractivity contribution in [2.24, 2.45) is 0 Å². The monoisotopic (exact) mass is 335 g/mol. The summed E-state index contributed by atoms with van der Waals surface area (Å²) in [6.45, 7) is 6.22. The number of fused-ring (bicyclic) bond motifs is 1. The molecule has 108 valence electrons. The number of thioether (sulfide) groups is 1. The van der Waals surface area contributed by atoms with E-state index >= 15 is 0 Å². The molecule has 3 rings (SSSR count). The standard InChI is InChI=1S/C15H14ClN3S2/c1-8-9(2)21-15-13(8)14(18-10(3)19-15)20-7-11-4-5-12(16)17-6-11/h4-6H,7H2,1-3H3. The number of rotatable bonds is 3. The number of aryl methyl sites for hydroxylation is 3. The maximum atomic E-state index is 5.81. The number of halogens is 1. The van der Waals surface area contributed by atoms with Gasteiger partial charge in [0.2, 0.25) is 0 Å². The van der Waals surface area contributed by atoms with E-state index in [0.29, 0.717) is 5.15 Å². The number of hydrogen-bond acceptors (Lipinski definition) is 5. The van der Waals surface area contributed by atoms with Crippen molar-refractivity contribution in [3.8, 4) is 0 Å². The molecule has 0 aliphatic rings. The molecule has 0 saturated heterocycles. The molecule has 3 aromatic heterocycles. The molecular weight excluding hydrogens is 322 g/mol. The highest BCUT2D eigenvalue weighted by molar-refractivity contribution is 7.98. The number of nitrogens with zero attached hydrogens (tertiary/aromatic N) is 3. The van der Waals surface area contributed by atoms with Gasteiger partial charge in [0.05, 0.1) is 0 Å². The van der Waals surface area contributed by atoms with Crippen LogP contribution in [-0.2, 0) is 5.75 Å². The molecule has 0 spiro atoms. The summed E-state index contributed by atoms with van der Waals surface area (Å²) in [4.78, 5) is 15.7. The third-order valence-corrected chi connectivity index (χ3v) is 5.64. The van der Waals surface area contributed by atoms with Crippen LogP contribution in [0.4, 0.5) is 0 Å². The van der Waals surface area contributed by atoms with E-state index in [9.17, 15) is 0 Å². The van der Waals surface area contributed by atoms with E-state index in [1.807, 2.05) is 25.3 Å². The van der Waals surface area contributed by atoms with Gasteiger partial charge in [-0.25, -0.2) is 15.0 Å². The van der Waals surface area contributed by atoms with Crippen LogP contribution in [0, 0.1) is 20.8 Å². The summed E-state index contributed by atoms with van der Waals surface area (Å²) in [6, 6.07) is 3.82. The molecule has 0 aromatic carbocycles. The molecule has 0 fully saturated rings. The lowest BCUT2D eigenvalue weighted by Crippen LogP contribution is -1.92. The van der Waals surface area contributed by atoms with E-state index in [-0.39, 0.29) is 0 Å². The second-order valence-electron chi connectivity index (χ2n) is 4.82. The molecule has 0 N–H and O–H groups in total. The molecule has 0 unspecified atom stereocenters. The second-order valence-corrected chi connectivity index (χ2v) is 7.37. The Labute approximate surface area is 136 Å². The molecule has 0 bridgehead atoms. The van der Waals surface area contributed by atoms with Gasteiger partial charge in [0, 0.05) is 22.2 Å². The predicted octanol–water partition coefficient (Wildman–Crippen LogP) is 4.96. The zero-order valence-corrected chi connectivity index (χ0v) is 14.4. The summed E-state index contributed by atoms with van der Waals surface area (Å²) < 4.78 is 0. The lowest BCUT2D eigenvalue weighted by atomic mass is 10.2. The fraction of sp³-hybridized carbons (Fsp3) is 0.267. The van der Waals surface area contributed by atoms with Gasteiger partial charge in [0.15, 0.2) is 0 Å². The van der Waals surface area contributed by atoms with Crippen molar-refractivity contribution in [2.45, 2.75) is 31.6 Å². The van der Waals surface area contributed by atoms with Crippen LogP contribution in [0.3, 0.4) is 0 Å². The van der Waals surface area contributed by atoms with Crippen molar-refractivity contribution in [3.63, 3.8) is 0 Å². The maximum Gasteiger partial charge on any atom is 0.129 e. The van der Waals surface area contributed by atoms with Gasteiger partial charge < -0.3 is 0 Å². The summed E-state index contributed by atoms with van der Waals surface area (Å²) in [5.41, 5.74) is 2.42. The van der Waals surface area contributed by atoms with Crippen LogP contribution in [0.25, 0.3) is 10.2 Å².